The normalized spacial score (nSPS) is 9.56. The summed E-state index contributed by atoms with van der Waals surface area (Å²) in [6.07, 6.45) is 6.22. The van der Waals surface area contributed by atoms with Gasteiger partial charge in [0.05, 0.1) is 6.54 Å². The molecule has 0 fully saturated rings. The lowest BCUT2D eigenvalue weighted by atomic mass is 10.7. The van der Waals surface area contributed by atoms with Gasteiger partial charge in [-0.2, -0.15) is 4.36 Å². The minimum atomic E-state index is -2.03. The third-order valence-electron chi connectivity index (χ3n) is 0.971. The Morgan fingerprint density at radius 3 is 1.56 bits per heavy atom. The summed E-state index contributed by atoms with van der Waals surface area (Å²) in [5.74, 6) is 0. The van der Waals surface area contributed by atoms with E-state index in [-0.39, 0.29) is 21.5 Å². The van der Waals surface area contributed by atoms with Crippen molar-refractivity contribution in [1.29, 1.82) is 0 Å². The first-order valence-corrected chi connectivity index (χ1v) is 9.07. The fourth-order valence-corrected chi connectivity index (χ4v) is 1.32. The fourth-order valence-electron chi connectivity index (χ4n) is 0.440. The molecule has 0 aromatic heterocycles. The number of nitrogens with two attached hydrogens (primary N) is 1. The Balaban J connectivity index is -0.0000000980. The third kappa shape index (κ3) is 36.2. The summed E-state index contributed by atoms with van der Waals surface area (Å²) in [5, 5.41) is 0. The quantitative estimate of drug-likeness (QED) is 0.802. The van der Waals surface area contributed by atoms with Crippen LogP contribution in [0.25, 0.3) is 4.85 Å². The minimum absolute atomic E-state index is 0. The van der Waals surface area contributed by atoms with Crippen molar-refractivity contribution in [1.82, 2.24) is 0 Å². The highest BCUT2D eigenvalue weighted by Crippen LogP contribution is 1.82. The Bertz CT molecular complexity index is 435. The number of hydrogen-bond donors (Lipinski definition) is 1. The predicted octanol–water partition coefficient (Wildman–Crippen LogP) is 1.54. The maximum atomic E-state index is 10.7. The smallest absolute Gasteiger partial charge is 0.313 e. The van der Waals surface area contributed by atoms with E-state index in [4.69, 9.17) is 12.3 Å². The van der Waals surface area contributed by atoms with Gasteiger partial charge >= 0.3 is 6.67 Å². The van der Waals surface area contributed by atoms with Crippen LogP contribution in [-0.2, 0) is 19.5 Å². The molecule has 0 aromatic rings. The van der Waals surface area contributed by atoms with Crippen LogP contribution in [0.1, 0.15) is 14.9 Å². The van der Waals surface area contributed by atoms with Crippen LogP contribution in [0.3, 0.4) is 0 Å². The molecule has 0 aliphatic heterocycles. The molecule has 112 valence electrons. The Labute approximate surface area is 114 Å². The van der Waals surface area contributed by atoms with Crippen molar-refractivity contribution in [2.24, 2.45) is 14.5 Å². The molecule has 0 unspecified atom stereocenters. The van der Waals surface area contributed by atoms with Crippen LogP contribution < -0.4 is 5.73 Å². The van der Waals surface area contributed by atoms with Crippen LogP contribution in [0.15, 0.2) is 8.73 Å². The van der Waals surface area contributed by atoms with Crippen molar-refractivity contribution in [3.05, 3.63) is 11.4 Å². The molecule has 8 heteroatoms. The zero-order chi connectivity index (χ0) is 13.2. The second-order valence-electron chi connectivity index (χ2n) is 3.43. The van der Waals surface area contributed by atoms with Gasteiger partial charge in [-0.25, -0.2) is 10.9 Å². The SMILES string of the molecule is C.C.CS(C)(=O)=NCCN.[C-]#[N+]CN=S(C)(C)=O. The van der Waals surface area contributed by atoms with E-state index in [1.165, 1.54) is 12.5 Å². The van der Waals surface area contributed by atoms with Gasteiger partial charge in [0.2, 0.25) is 0 Å². The van der Waals surface area contributed by atoms with Gasteiger partial charge in [0.25, 0.3) is 0 Å². The molecule has 0 saturated heterocycles. The van der Waals surface area contributed by atoms with Gasteiger partial charge in [-0.1, -0.05) is 14.9 Å². The number of hydrogen-bond acceptors (Lipinski definition) is 5. The zero-order valence-electron chi connectivity index (χ0n) is 10.2. The van der Waals surface area contributed by atoms with Crippen molar-refractivity contribution in [2.75, 3.05) is 44.8 Å². The summed E-state index contributed by atoms with van der Waals surface area (Å²) in [7, 11) is -3.92. The number of rotatable bonds is 3. The van der Waals surface area contributed by atoms with Crippen LogP contribution in [0.4, 0.5) is 0 Å². The van der Waals surface area contributed by atoms with E-state index >= 15 is 0 Å². The van der Waals surface area contributed by atoms with Gasteiger partial charge in [-0.15, -0.1) is 0 Å². The van der Waals surface area contributed by atoms with Crippen molar-refractivity contribution in [2.45, 2.75) is 14.9 Å². The molecule has 2 N–H and O–H groups in total. The van der Waals surface area contributed by atoms with Crippen LogP contribution in [0.2, 0.25) is 0 Å². The number of nitrogens with zero attached hydrogens (tertiary/aromatic N) is 3. The standard InChI is InChI=1S/C4H8N2OS.C4H12N2OS.2CH4/c1-5-4-6-8(2,3)7;1-8(2,7)6-4-3-5;;/h4H2,2-3H3;3-5H2,1-2H3;2*1H4. The summed E-state index contributed by atoms with van der Waals surface area (Å²) in [6, 6.07) is 0. The highest BCUT2D eigenvalue weighted by Gasteiger charge is 1.86. The molecule has 0 amide bonds. The molecule has 0 saturated carbocycles. The van der Waals surface area contributed by atoms with Crippen molar-refractivity contribution in [3.8, 4) is 0 Å². The molecule has 0 aliphatic carbocycles. The van der Waals surface area contributed by atoms with E-state index in [0.717, 1.165) is 0 Å². The first-order valence-electron chi connectivity index (χ1n) is 4.41. The van der Waals surface area contributed by atoms with Gasteiger partial charge in [-0.05, 0) is 0 Å². The summed E-state index contributed by atoms with van der Waals surface area (Å²) in [6.45, 7) is 7.30. The summed E-state index contributed by atoms with van der Waals surface area (Å²) in [4.78, 5) is 2.93. The lowest BCUT2D eigenvalue weighted by Crippen LogP contribution is -2.04. The molecular weight excluding hydrogens is 272 g/mol. The van der Waals surface area contributed by atoms with Gasteiger partial charge < -0.3 is 5.73 Å². The van der Waals surface area contributed by atoms with E-state index in [1.807, 2.05) is 0 Å². The zero-order valence-corrected chi connectivity index (χ0v) is 11.8. The largest absolute Gasteiger partial charge is 0.329 e. The second kappa shape index (κ2) is 12.8. The predicted molar refractivity (Wildman–Crippen MR) is 83.7 cm³/mol. The van der Waals surface area contributed by atoms with Crippen molar-refractivity contribution < 1.29 is 8.42 Å². The van der Waals surface area contributed by atoms with E-state index in [9.17, 15) is 8.42 Å². The third-order valence-corrected chi connectivity index (χ3v) is 2.51. The average molecular weight is 300 g/mol. The molecular formula is C10H28N4O2S2. The van der Waals surface area contributed by atoms with Crippen molar-refractivity contribution in [3.63, 3.8) is 0 Å². The Hall–Kier alpha value is -0.650. The molecule has 0 spiro atoms. The topological polar surface area (TPSA) is 89.2 Å². The highest BCUT2D eigenvalue weighted by atomic mass is 32.2. The molecule has 0 bridgehead atoms. The summed E-state index contributed by atoms with van der Waals surface area (Å²) >= 11 is 0. The van der Waals surface area contributed by atoms with Gasteiger partial charge in [0.1, 0.15) is 0 Å². The van der Waals surface area contributed by atoms with Crippen LogP contribution in [-0.4, -0.2) is 53.2 Å². The molecule has 6 nitrogen and oxygen atoms in total. The Morgan fingerprint density at radius 1 is 1.06 bits per heavy atom. The monoisotopic (exact) mass is 300 g/mol. The molecule has 0 rings (SSSR count). The maximum Gasteiger partial charge on any atom is 0.313 e. The molecule has 0 radical (unpaired) electrons. The molecule has 0 atom stereocenters. The minimum Gasteiger partial charge on any atom is -0.329 e. The van der Waals surface area contributed by atoms with E-state index in [2.05, 4.69) is 13.6 Å². The fraction of sp³-hybridized carbons (Fsp3) is 0.900. The first kappa shape index (κ1) is 26.0. The van der Waals surface area contributed by atoms with E-state index in [0.29, 0.717) is 13.1 Å². The van der Waals surface area contributed by atoms with E-state index < -0.39 is 19.5 Å². The summed E-state index contributed by atoms with van der Waals surface area (Å²) < 4.78 is 28.7. The lowest BCUT2D eigenvalue weighted by molar-refractivity contribution is 0.681. The Kier molecular flexibility index (Phi) is 18.5. The molecule has 0 heterocycles. The molecule has 0 aliphatic rings. The lowest BCUT2D eigenvalue weighted by Gasteiger charge is -1.90. The summed E-state index contributed by atoms with van der Waals surface area (Å²) in [5.41, 5.74) is 5.12. The van der Waals surface area contributed by atoms with Crippen LogP contribution in [0, 0.1) is 6.57 Å². The van der Waals surface area contributed by atoms with Gasteiger partial charge in [0, 0.05) is 51.0 Å². The van der Waals surface area contributed by atoms with Gasteiger partial charge in [0.15, 0.2) is 0 Å². The van der Waals surface area contributed by atoms with Gasteiger partial charge in [-0.3, -0.25) is 13.3 Å². The van der Waals surface area contributed by atoms with Crippen LogP contribution >= 0.6 is 0 Å². The molecule has 18 heavy (non-hydrogen) atoms. The maximum absolute atomic E-state index is 10.7. The average Bonchev–Trinajstić information content (AvgIpc) is 2.10. The highest BCUT2D eigenvalue weighted by molar-refractivity contribution is 7.92. The molecule has 0 aromatic carbocycles. The Morgan fingerprint density at radius 2 is 1.44 bits per heavy atom. The van der Waals surface area contributed by atoms with Crippen molar-refractivity contribution >= 4 is 19.5 Å². The first-order chi connectivity index (χ1) is 7.12. The van der Waals surface area contributed by atoms with E-state index in [1.54, 1.807) is 12.5 Å². The second-order valence-corrected chi connectivity index (χ2v) is 8.67. The van der Waals surface area contributed by atoms with Crippen LogP contribution in [0.5, 0.6) is 0 Å².